The van der Waals surface area contributed by atoms with E-state index in [0.29, 0.717) is 24.2 Å². The maximum Gasteiger partial charge on any atom is 0.322 e. The molecule has 12 nitrogen and oxygen atoms in total. The highest BCUT2D eigenvalue weighted by molar-refractivity contribution is 6.29. The molecule has 3 rings (SSSR count). The van der Waals surface area contributed by atoms with Crippen LogP contribution in [-0.2, 0) is 28.7 Å². The van der Waals surface area contributed by atoms with Gasteiger partial charge in [0.25, 0.3) is 0 Å². The molecule has 0 radical (unpaired) electrons. The summed E-state index contributed by atoms with van der Waals surface area (Å²) in [5.74, 6) is -2.20. The van der Waals surface area contributed by atoms with Crippen molar-refractivity contribution in [2.45, 2.75) is 52.6 Å². The average Bonchev–Trinajstić information content (AvgIpc) is 2.98. The lowest BCUT2D eigenvalue weighted by atomic mass is 9.83. The fourth-order valence-corrected chi connectivity index (χ4v) is 4.90. The summed E-state index contributed by atoms with van der Waals surface area (Å²) in [5.41, 5.74) is 1.25. The van der Waals surface area contributed by atoms with Crippen LogP contribution in [0.15, 0.2) is 36.4 Å². The molecular formula is C32H40N4O8. The van der Waals surface area contributed by atoms with Gasteiger partial charge in [0, 0.05) is 33.6 Å². The molecule has 2 amide bonds. The van der Waals surface area contributed by atoms with Gasteiger partial charge in [0.2, 0.25) is 11.8 Å². The predicted molar refractivity (Wildman–Crippen MR) is 164 cm³/mol. The third-order valence-electron chi connectivity index (χ3n) is 6.99. The first-order valence-electron chi connectivity index (χ1n) is 14.4. The summed E-state index contributed by atoms with van der Waals surface area (Å²) in [4.78, 5) is 75.9. The number of hydrogen-bond acceptors (Lipinski definition) is 10. The van der Waals surface area contributed by atoms with Crippen LogP contribution in [-0.4, -0.2) is 74.7 Å². The van der Waals surface area contributed by atoms with Gasteiger partial charge in [-0.15, -0.1) is 0 Å². The number of anilines is 2. The van der Waals surface area contributed by atoms with Gasteiger partial charge in [0.05, 0.1) is 27.3 Å². The van der Waals surface area contributed by atoms with Crippen LogP contribution in [0.1, 0.15) is 72.4 Å². The van der Waals surface area contributed by atoms with E-state index in [1.165, 1.54) is 50.6 Å². The van der Waals surface area contributed by atoms with E-state index in [9.17, 15) is 28.8 Å². The Morgan fingerprint density at radius 1 is 0.614 bits per heavy atom. The lowest BCUT2D eigenvalue weighted by Crippen LogP contribution is -2.42. The van der Waals surface area contributed by atoms with Crippen molar-refractivity contribution in [1.29, 1.82) is 0 Å². The minimum Gasteiger partial charge on any atom is -0.468 e. The maximum atomic E-state index is 13.3. The van der Waals surface area contributed by atoms with Crippen LogP contribution in [0.4, 0.5) is 11.4 Å². The summed E-state index contributed by atoms with van der Waals surface area (Å²) in [6.45, 7) is 7.49. The van der Waals surface area contributed by atoms with E-state index in [4.69, 9.17) is 9.47 Å². The van der Waals surface area contributed by atoms with E-state index in [2.05, 4.69) is 21.3 Å². The van der Waals surface area contributed by atoms with Crippen molar-refractivity contribution in [1.82, 2.24) is 10.6 Å². The fourth-order valence-electron chi connectivity index (χ4n) is 4.90. The molecule has 4 N–H and O–H groups in total. The number of nitrogens with one attached hydrogen (secondary N) is 4. The van der Waals surface area contributed by atoms with Gasteiger partial charge in [-0.25, -0.2) is 0 Å². The number of benzene rings is 2. The number of esters is 2. The topological polar surface area (TPSA) is 169 Å². The standard InChI is InChI=1S/C32H40N4O8/c1-17(2)11-25(31(41)43-5)33-15-27(37)35-19-7-9-21-23(13-19)29(39)22-10-8-20(14-24(22)30(21)40)36-28(38)16-34-26(12-18(3)4)32(42)44-6/h7-10,13-14,17-18,25-26,33-34H,11-12,15-16H2,1-6H3,(H,35,37)(H,36,38)/t25-,26-/m0/s1. The Kier molecular flexibility index (Phi) is 11.9. The van der Waals surface area contributed by atoms with Crippen molar-refractivity contribution in [3.05, 3.63) is 58.7 Å². The molecular weight excluding hydrogens is 568 g/mol. The van der Waals surface area contributed by atoms with Crippen LogP contribution in [0.3, 0.4) is 0 Å². The summed E-state index contributed by atoms with van der Waals surface area (Å²) in [6.07, 6.45) is 0.983. The van der Waals surface area contributed by atoms with Crippen LogP contribution in [0.2, 0.25) is 0 Å². The molecule has 44 heavy (non-hydrogen) atoms. The van der Waals surface area contributed by atoms with Gasteiger partial charge < -0.3 is 20.1 Å². The number of amides is 2. The number of methoxy groups -OCH3 is 2. The van der Waals surface area contributed by atoms with Gasteiger partial charge in [-0.1, -0.05) is 27.7 Å². The van der Waals surface area contributed by atoms with E-state index < -0.39 is 47.4 Å². The molecule has 0 unspecified atom stereocenters. The minimum absolute atomic E-state index is 0.139. The van der Waals surface area contributed by atoms with E-state index in [-0.39, 0.29) is 47.2 Å². The molecule has 0 saturated carbocycles. The monoisotopic (exact) mass is 608 g/mol. The molecule has 236 valence electrons. The number of ether oxygens (including phenoxy) is 2. The summed E-state index contributed by atoms with van der Waals surface area (Å²) >= 11 is 0. The normalized spacial score (nSPS) is 13.5. The van der Waals surface area contributed by atoms with E-state index in [1.807, 2.05) is 27.7 Å². The fraction of sp³-hybridized carbons (Fsp3) is 0.438. The van der Waals surface area contributed by atoms with Gasteiger partial charge in [-0.05, 0) is 61.1 Å². The average molecular weight is 609 g/mol. The Morgan fingerprint density at radius 3 is 1.30 bits per heavy atom. The van der Waals surface area contributed by atoms with Crippen molar-refractivity contribution in [3.8, 4) is 0 Å². The summed E-state index contributed by atoms with van der Waals surface area (Å²) < 4.78 is 9.61. The molecule has 0 spiro atoms. The molecule has 0 fully saturated rings. The van der Waals surface area contributed by atoms with Crippen LogP contribution in [0.25, 0.3) is 0 Å². The van der Waals surface area contributed by atoms with E-state index >= 15 is 0 Å². The molecule has 2 aromatic rings. The Balaban J connectivity index is 1.67. The highest BCUT2D eigenvalue weighted by atomic mass is 16.5. The maximum absolute atomic E-state index is 13.3. The SMILES string of the molecule is COC(=O)[C@H](CC(C)C)NCC(=O)Nc1ccc2c(c1)C(=O)c1ccc(NC(=O)CN[C@@H](CC(C)C)C(=O)OC)cc1C2=O. The predicted octanol–water partition coefficient (Wildman–Crippen LogP) is 2.69. The molecule has 0 bridgehead atoms. The molecule has 2 aromatic carbocycles. The molecule has 1 aliphatic carbocycles. The van der Waals surface area contributed by atoms with Gasteiger partial charge >= 0.3 is 11.9 Å². The number of carbonyl (C=O) groups is 6. The Morgan fingerprint density at radius 2 is 0.977 bits per heavy atom. The number of rotatable bonds is 14. The molecule has 0 aliphatic heterocycles. The zero-order chi connectivity index (χ0) is 32.6. The molecule has 0 saturated heterocycles. The number of fused-ring (bicyclic) bond motifs is 2. The second-order valence-electron chi connectivity index (χ2n) is 11.4. The van der Waals surface area contributed by atoms with Crippen LogP contribution in [0.5, 0.6) is 0 Å². The minimum atomic E-state index is -0.641. The van der Waals surface area contributed by atoms with Crippen LogP contribution in [0, 0.1) is 11.8 Å². The first-order valence-corrected chi connectivity index (χ1v) is 14.4. The second-order valence-corrected chi connectivity index (χ2v) is 11.4. The Labute approximate surface area is 256 Å². The van der Waals surface area contributed by atoms with Crippen LogP contribution < -0.4 is 21.3 Å². The van der Waals surface area contributed by atoms with Crippen molar-refractivity contribution in [3.63, 3.8) is 0 Å². The molecule has 0 heterocycles. The van der Waals surface area contributed by atoms with Crippen molar-refractivity contribution in [2.24, 2.45) is 11.8 Å². The number of ketones is 2. The van der Waals surface area contributed by atoms with Gasteiger partial charge in [-0.2, -0.15) is 0 Å². The van der Waals surface area contributed by atoms with Crippen molar-refractivity contribution >= 4 is 46.7 Å². The first kappa shape index (κ1) is 34.1. The lowest BCUT2D eigenvalue weighted by Gasteiger charge is -2.20. The van der Waals surface area contributed by atoms with Crippen LogP contribution >= 0.6 is 0 Å². The molecule has 2 atom stereocenters. The zero-order valence-electron chi connectivity index (χ0n) is 25.9. The summed E-state index contributed by atoms with van der Waals surface area (Å²) in [5, 5.41) is 11.2. The molecule has 0 aromatic heterocycles. The summed E-state index contributed by atoms with van der Waals surface area (Å²) in [6, 6.07) is 7.57. The second kappa shape index (κ2) is 15.3. The smallest absolute Gasteiger partial charge is 0.322 e. The first-order chi connectivity index (χ1) is 20.8. The third kappa shape index (κ3) is 8.80. The molecule has 1 aliphatic rings. The van der Waals surface area contributed by atoms with Crippen molar-refractivity contribution in [2.75, 3.05) is 37.9 Å². The van der Waals surface area contributed by atoms with Crippen molar-refractivity contribution < 1.29 is 38.2 Å². The van der Waals surface area contributed by atoms with Gasteiger partial charge in [-0.3, -0.25) is 39.4 Å². The number of hydrogen-bond donors (Lipinski definition) is 4. The van der Waals surface area contributed by atoms with Gasteiger partial charge in [0.15, 0.2) is 11.6 Å². The third-order valence-corrected chi connectivity index (χ3v) is 6.99. The largest absolute Gasteiger partial charge is 0.468 e. The lowest BCUT2D eigenvalue weighted by molar-refractivity contribution is -0.144. The summed E-state index contributed by atoms with van der Waals surface area (Å²) in [7, 11) is 2.57. The Bertz CT molecular complexity index is 1330. The Hall–Kier alpha value is -4.42. The van der Waals surface area contributed by atoms with E-state index in [0.717, 1.165) is 0 Å². The quantitative estimate of drug-likeness (QED) is 0.200. The van der Waals surface area contributed by atoms with Gasteiger partial charge in [0.1, 0.15) is 12.1 Å². The number of carbonyl (C=O) groups excluding carboxylic acids is 6. The molecule has 12 heteroatoms. The highest BCUT2D eigenvalue weighted by Crippen LogP contribution is 2.31. The highest BCUT2D eigenvalue weighted by Gasteiger charge is 2.31. The zero-order valence-corrected chi connectivity index (χ0v) is 25.9. The van der Waals surface area contributed by atoms with E-state index in [1.54, 1.807) is 0 Å².